The van der Waals surface area contributed by atoms with Crippen LogP contribution in [0.3, 0.4) is 0 Å². The molecule has 0 aliphatic rings. The van der Waals surface area contributed by atoms with Gasteiger partial charge in [0.25, 0.3) is 0 Å². The fourth-order valence-electron chi connectivity index (χ4n) is 2.43. The van der Waals surface area contributed by atoms with Crippen LogP contribution in [-0.2, 0) is 11.2 Å². The van der Waals surface area contributed by atoms with Gasteiger partial charge in [-0.25, -0.2) is 4.98 Å². The van der Waals surface area contributed by atoms with Gasteiger partial charge in [-0.3, -0.25) is 4.79 Å². The third-order valence-electron chi connectivity index (χ3n) is 3.69. The summed E-state index contributed by atoms with van der Waals surface area (Å²) in [6, 6.07) is 3.77. The number of nitrogens with one attached hydrogen (secondary N) is 2. The minimum absolute atomic E-state index is 0.0341. The topological polar surface area (TPSA) is 78.0 Å². The van der Waals surface area contributed by atoms with Crippen LogP contribution in [0.2, 0.25) is 0 Å². The molecule has 0 saturated heterocycles. The Morgan fingerprint density at radius 1 is 1.48 bits per heavy atom. The number of aromatic amines is 1. The number of aromatic nitrogens is 2. The number of carbonyl (C=O) groups is 1. The van der Waals surface area contributed by atoms with Gasteiger partial charge < -0.3 is 15.4 Å². The Bertz CT molecular complexity index is 613. The Balaban J connectivity index is 2.07. The van der Waals surface area contributed by atoms with Gasteiger partial charge in [0.05, 0.1) is 6.42 Å². The van der Waals surface area contributed by atoms with Crippen molar-refractivity contribution in [2.24, 2.45) is 5.41 Å². The predicted octanol–water partition coefficient (Wildman–Crippen LogP) is 2.02. The molecule has 5 nitrogen and oxygen atoms in total. The number of amides is 1. The van der Waals surface area contributed by atoms with E-state index in [0.717, 1.165) is 16.6 Å². The van der Waals surface area contributed by atoms with Gasteiger partial charge in [-0.15, -0.1) is 0 Å². The molecular formula is C16H23N3O2. The smallest absolute Gasteiger partial charge is 0.224 e. The van der Waals surface area contributed by atoms with E-state index >= 15 is 0 Å². The van der Waals surface area contributed by atoms with E-state index < -0.39 is 0 Å². The summed E-state index contributed by atoms with van der Waals surface area (Å²) in [7, 11) is 0. The molecule has 2 aromatic rings. The number of hydrogen-bond acceptors (Lipinski definition) is 3. The van der Waals surface area contributed by atoms with Crippen LogP contribution in [0.4, 0.5) is 0 Å². The van der Waals surface area contributed by atoms with Crippen LogP contribution in [0.25, 0.3) is 11.0 Å². The highest BCUT2D eigenvalue weighted by molar-refractivity contribution is 5.87. The largest absolute Gasteiger partial charge is 0.396 e. The first kappa shape index (κ1) is 15.5. The van der Waals surface area contributed by atoms with Crippen molar-refractivity contribution in [3.63, 3.8) is 0 Å². The molecule has 0 aromatic carbocycles. The summed E-state index contributed by atoms with van der Waals surface area (Å²) < 4.78 is 0. The summed E-state index contributed by atoms with van der Waals surface area (Å²) in [5.74, 6) is -0.0341. The molecule has 5 heteroatoms. The summed E-state index contributed by atoms with van der Waals surface area (Å²) in [6.45, 7) is 6.24. The lowest BCUT2D eigenvalue weighted by Gasteiger charge is -2.31. The first-order chi connectivity index (χ1) is 9.91. The molecule has 3 N–H and O–H groups in total. The summed E-state index contributed by atoms with van der Waals surface area (Å²) in [4.78, 5) is 19.5. The average molecular weight is 289 g/mol. The van der Waals surface area contributed by atoms with Crippen LogP contribution in [0.1, 0.15) is 32.8 Å². The Morgan fingerprint density at radius 2 is 2.24 bits per heavy atom. The van der Waals surface area contributed by atoms with Gasteiger partial charge in [0.2, 0.25) is 5.91 Å². The number of hydrogen-bond donors (Lipinski definition) is 3. The molecule has 0 aliphatic carbocycles. The first-order valence-electron chi connectivity index (χ1n) is 7.23. The van der Waals surface area contributed by atoms with Gasteiger partial charge >= 0.3 is 0 Å². The van der Waals surface area contributed by atoms with E-state index in [1.54, 1.807) is 6.20 Å². The summed E-state index contributed by atoms with van der Waals surface area (Å²) in [5, 5.41) is 13.1. The van der Waals surface area contributed by atoms with Gasteiger partial charge in [-0.05, 0) is 29.5 Å². The highest BCUT2D eigenvalue weighted by Crippen LogP contribution is 2.22. The Kier molecular flexibility index (Phi) is 4.63. The monoisotopic (exact) mass is 289 g/mol. The Labute approximate surface area is 124 Å². The average Bonchev–Trinajstić information content (AvgIpc) is 2.81. The second-order valence-corrected chi connectivity index (χ2v) is 6.39. The molecule has 0 radical (unpaired) electrons. The van der Waals surface area contributed by atoms with Crippen LogP contribution in [-0.4, -0.2) is 33.6 Å². The van der Waals surface area contributed by atoms with Crippen LogP contribution in [0.15, 0.2) is 24.5 Å². The van der Waals surface area contributed by atoms with E-state index in [4.69, 9.17) is 5.11 Å². The predicted molar refractivity (Wildman–Crippen MR) is 82.9 cm³/mol. The van der Waals surface area contributed by atoms with E-state index in [-0.39, 0.29) is 24.0 Å². The lowest BCUT2D eigenvalue weighted by atomic mass is 9.85. The fraction of sp³-hybridized carbons (Fsp3) is 0.500. The third kappa shape index (κ3) is 3.82. The minimum atomic E-state index is -0.0832. The molecule has 1 unspecified atom stereocenters. The molecule has 0 fully saturated rings. The second kappa shape index (κ2) is 6.26. The summed E-state index contributed by atoms with van der Waals surface area (Å²) >= 11 is 0. The van der Waals surface area contributed by atoms with Crippen LogP contribution >= 0.6 is 0 Å². The summed E-state index contributed by atoms with van der Waals surface area (Å²) in [6.07, 6.45) is 4.42. The summed E-state index contributed by atoms with van der Waals surface area (Å²) in [5.41, 5.74) is 1.65. The number of H-pyrrole nitrogens is 1. The van der Waals surface area contributed by atoms with Gasteiger partial charge in [-0.1, -0.05) is 20.8 Å². The molecule has 114 valence electrons. The maximum atomic E-state index is 12.3. The number of rotatable bonds is 5. The van der Waals surface area contributed by atoms with Crippen molar-refractivity contribution >= 4 is 16.9 Å². The van der Waals surface area contributed by atoms with Crippen molar-refractivity contribution in [2.45, 2.75) is 39.7 Å². The number of pyridine rings is 1. The lowest BCUT2D eigenvalue weighted by molar-refractivity contribution is -0.122. The standard InChI is InChI=1S/C16H23N3O2/c1-16(2,3)13(6-8-20)19-14(21)9-11-10-18-15-12(11)5-4-7-17-15/h4-5,7,10,13,20H,6,8-9H2,1-3H3,(H,17,18)(H,19,21). The van der Waals surface area contributed by atoms with Gasteiger partial charge in [-0.2, -0.15) is 0 Å². The highest BCUT2D eigenvalue weighted by Gasteiger charge is 2.25. The second-order valence-electron chi connectivity index (χ2n) is 6.39. The van der Waals surface area contributed by atoms with Crippen molar-refractivity contribution < 1.29 is 9.90 Å². The SMILES string of the molecule is CC(C)(C)C(CCO)NC(=O)Cc1c[nH]c2ncccc12. The maximum absolute atomic E-state index is 12.3. The third-order valence-corrected chi connectivity index (χ3v) is 3.69. The van der Waals surface area contributed by atoms with Gasteiger partial charge in [0.1, 0.15) is 5.65 Å². The fourth-order valence-corrected chi connectivity index (χ4v) is 2.43. The molecule has 0 saturated carbocycles. The molecule has 1 atom stereocenters. The Morgan fingerprint density at radius 3 is 2.90 bits per heavy atom. The number of fused-ring (bicyclic) bond motifs is 1. The van der Waals surface area contributed by atoms with Crippen LogP contribution in [0.5, 0.6) is 0 Å². The molecule has 2 heterocycles. The van der Waals surface area contributed by atoms with Crippen molar-refractivity contribution in [1.29, 1.82) is 0 Å². The van der Waals surface area contributed by atoms with E-state index in [1.807, 2.05) is 18.3 Å². The number of aliphatic hydroxyl groups is 1. The highest BCUT2D eigenvalue weighted by atomic mass is 16.3. The van der Waals surface area contributed by atoms with Crippen LogP contribution in [0, 0.1) is 5.41 Å². The van der Waals surface area contributed by atoms with Crippen molar-refractivity contribution in [1.82, 2.24) is 15.3 Å². The van der Waals surface area contributed by atoms with E-state index in [2.05, 4.69) is 36.1 Å². The molecule has 0 aliphatic heterocycles. The number of carbonyl (C=O) groups excluding carboxylic acids is 1. The van der Waals surface area contributed by atoms with Crippen molar-refractivity contribution in [3.8, 4) is 0 Å². The first-order valence-corrected chi connectivity index (χ1v) is 7.23. The van der Waals surface area contributed by atoms with Crippen molar-refractivity contribution in [2.75, 3.05) is 6.61 Å². The molecular weight excluding hydrogens is 266 g/mol. The van der Waals surface area contributed by atoms with E-state index in [0.29, 0.717) is 12.8 Å². The van der Waals surface area contributed by atoms with Gasteiger partial charge in [0, 0.05) is 30.4 Å². The normalized spacial score (nSPS) is 13.3. The number of nitrogens with zero attached hydrogens (tertiary/aromatic N) is 1. The molecule has 2 rings (SSSR count). The van der Waals surface area contributed by atoms with Crippen LogP contribution < -0.4 is 5.32 Å². The van der Waals surface area contributed by atoms with Crippen molar-refractivity contribution in [3.05, 3.63) is 30.1 Å². The van der Waals surface area contributed by atoms with Gasteiger partial charge in [0.15, 0.2) is 0 Å². The van der Waals surface area contributed by atoms with E-state index in [9.17, 15) is 4.79 Å². The Hall–Kier alpha value is -1.88. The molecule has 0 spiro atoms. The molecule has 0 bridgehead atoms. The lowest BCUT2D eigenvalue weighted by Crippen LogP contribution is -2.44. The maximum Gasteiger partial charge on any atom is 0.224 e. The molecule has 1 amide bonds. The molecule has 21 heavy (non-hydrogen) atoms. The zero-order chi connectivity index (χ0) is 15.5. The zero-order valence-electron chi connectivity index (χ0n) is 12.8. The molecule has 2 aromatic heterocycles. The van der Waals surface area contributed by atoms with E-state index in [1.165, 1.54) is 0 Å². The minimum Gasteiger partial charge on any atom is -0.396 e. The number of aliphatic hydroxyl groups excluding tert-OH is 1. The quantitative estimate of drug-likeness (QED) is 0.788. The zero-order valence-corrected chi connectivity index (χ0v) is 12.8.